The van der Waals surface area contributed by atoms with Crippen LogP contribution in [0.3, 0.4) is 0 Å². The Labute approximate surface area is 120 Å². The van der Waals surface area contributed by atoms with Crippen molar-refractivity contribution in [2.75, 3.05) is 23.6 Å². The van der Waals surface area contributed by atoms with E-state index in [1.165, 1.54) is 12.1 Å². The highest BCUT2D eigenvalue weighted by Crippen LogP contribution is 2.17. The zero-order valence-electron chi connectivity index (χ0n) is 12.1. The number of unbranched alkanes of at least 4 members (excludes halogenated alkanes) is 1. The summed E-state index contributed by atoms with van der Waals surface area (Å²) >= 11 is 0. The largest absolute Gasteiger partial charge is 0.317 e. The molecule has 0 aliphatic rings. The van der Waals surface area contributed by atoms with Crippen LogP contribution in [0, 0.1) is 12.7 Å². The maximum atomic E-state index is 13.6. The van der Waals surface area contributed by atoms with E-state index in [0.29, 0.717) is 6.42 Å². The fourth-order valence-corrected chi connectivity index (χ4v) is 2.95. The van der Waals surface area contributed by atoms with Gasteiger partial charge in [-0.15, -0.1) is 0 Å². The highest BCUT2D eigenvalue weighted by molar-refractivity contribution is 7.92. The maximum absolute atomic E-state index is 13.6. The number of benzene rings is 1. The molecule has 1 rings (SSSR count). The molecular weight excluding hydrogens is 279 g/mol. The molecule has 0 heterocycles. The van der Waals surface area contributed by atoms with Crippen LogP contribution in [0.25, 0.3) is 0 Å². The lowest BCUT2D eigenvalue weighted by atomic mass is 10.2. The van der Waals surface area contributed by atoms with E-state index in [4.69, 9.17) is 0 Å². The Balaban J connectivity index is 2.41. The Morgan fingerprint density at radius 1 is 1.20 bits per heavy atom. The predicted octanol–water partition coefficient (Wildman–Crippen LogP) is 2.66. The Bertz CT molecular complexity index is 518. The first kappa shape index (κ1) is 16.9. The van der Waals surface area contributed by atoms with Crippen molar-refractivity contribution in [3.05, 3.63) is 29.6 Å². The van der Waals surface area contributed by atoms with Crippen LogP contribution < -0.4 is 10.0 Å². The molecule has 0 aliphatic heterocycles. The van der Waals surface area contributed by atoms with Gasteiger partial charge in [-0.3, -0.25) is 4.72 Å². The molecule has 0 saturated heterocycles. The summed E-state index contributed by atoms with van der Waals surface area (Å²) in [5.41, 5.74) is 0.771. The first-order chi connectivity index (χ1) is 9.44. The molecule has 0 radical (unpaired) electrons. The van der Waals surface area contributed by atoms with Gasteiger partial charge in [0.1, 0.15) is 5.82 Å². The lowest BCUT2D eigenvalue weighted by Gasteiger charge is -2.09. The second kappa shape index (κ2) is 8.21. The SMILES string of the molecule is CCCNCCCCS(=O)(=O)Nc1ccc(C)cc1F. The third-order valence-electron chi connectivity index (χ3n) is 2.83. The van der Waals surface area contributed by atoms with Gasteiger partial charge in [-0.1, -0.05) is 13.0 Å². The smallest absolute Gasteiger partial charge is 0.232 e. The van der Waals surface area contributed by atoms with Gasteiger partial charge in [0.05, 0.1) is 11.4 Å². The molecule has 20 heavy (non-hydrogen) atoms. The Morgan fingerprint density at radius 2 is 1.95 bits per heavy atom. The summed E-state index contributed by atoms with van der Waals surface area (Å²) in [5.74, 6) is -0.535. The summed E-state index contributed by atoms with van der Waals surface area (Å²) in [7, 11) is -3.48. The van der Waals surface area contributed by atoms with Crippen LogP contribution in [0.4, 0.5) is 10.1 Å². The Morgan fingerprint density at radius 3 is 2.60 bits per heavy atom. The molecule has 0 bridgehead atoms. The molecule has 4 nitrogen and oxygen atoms in total. The Hall–Kier alpha value is -1.14. The van der Waals surface area contributed by atoms with Crippen LogP contribution in [0.2, 0.25) is 0 Å². The molecule has 0 spiro atoms. The van der Waals surface area contributed by atoms with Crippen LogP contribution in [0.5, 0.6) is 0 Å². The zero-order chi connectivity index (χ0) is 15.0. The summed E-state index contributed by atoms with van der Waals surface area (Å²) in [5, 5.41) is 3.21. The van der Waals surface area contributed by atoms with Gasteiger partial charge < -0.3 is 5.32 Å². The van der Waals surface area contributed by atoms with Gasteiger partial charge in [-0.05, 0) is 57.0 Å². The van der Waals surface area contributed by atoms with Crippen LogP contribution in [-0.2, 0) is 10.0 Å². The van der Waals surface area contributed by atoms with Crippen molar-refractivity contribution in [1.29, 1.82) is 0 Å². The van der Waals surface area contributed by atoms with Crippen LogP contribution in [0.1, 0.15) is 31.7 Å². The number of rotatable bonds is 9. The van der Waals surface area contributed by atoms with Gasteiger partial charge in [0.2, 0.25) is 10.0 Å². The number of hydrogen-bond donors (Lipinski definition) is 2. The number of nitrogens with one attached hydrogen (secondary N) is 2. The van der Waals surface area contributed by atoms with Crippen molar-refractivity contribution in [2.24, 2.45) is 0 Å². The van der Waals surface area contributed by atoms with E-state index in [-0.39, 0.29) is 11.4 Å². The van der Waals surface area contributed by atoms with Crippen molar-refractivity contribution in [2.45, 2.75) is 33.1 Å². The van der Waals surface area contributed by atoms with E-state index in [2.05, 4.69) is 17.0 Å². The molecule has 0 unspecified atom stereocenters. The van der Waals surface area contributed by atoms with Crippen LogP contribution >= 0.6 is 0 Å². The molecule has 0 atom stereocenters. The van der Waals surface area contributed by atoms with Gasteiger partial charge >= 0.3 is 0 Å². The average Bonchev–Trinajstić information content (AvgIpc) is 2.37. The first-order valence-electron chi connectivity index (χ1n) is 6.92. The molecule has 0 aliphatic carbocycles. The lowest BCUT2D eigenvalue weighted by Crippen LogP contribution is -2.20. The normalized spacial score (nSPS) is 11.6. The second-order valence-electron chi connectivity index (χ2n) is 4.86. The van der Waals surface area contributed by atoms with Gasteiger partial charge in [-0.2, -0.15) is 0 Å². The average molecular weight is 302 g/mol. The minimum atomic E-state index is -3.48. The van der Waals surface area contributed by atoms with Gasteiger partial charge in [0.25, 0.3) is 0 Å². The highest BCUT2D eigenvalue weighted by Gasteiger charge is 2.12. The van der Waals surface area contributed by atoms with E-state index in [1.807, 2.05) is 0 Å². The van der Waals surface area contributed by atoms with E-state index >= 15 is 0 Å². The maximum Gasteiger partial charge on any atom is 0.232 e. The summed E-state index contributed by atoms with van der Waals surface area (Å²) in [4.78, 5) is 0. The van der Waals surface area contributed by atoms with Crippen molar-refractivity contribution in [3.63, 3.8) is 0 Å². The van der Waals surface area contributed by atoms with Crippen LogP contribution in [-0.4, -0.2) is 27.3 Å². The van der Waals surface area contributed by atoms with Gasteiger partial charge in [0.15, 0.2) is 0 Å². The molecule has 114 valence electrons. The van der Waals surface area contributed by atoms with E-state index < -0.39 is 15.8 Å². The molecule has 2 N–H and O–H groups in total. The van der Waals surface area contributed by atoms with Gasteiger partial charge in [0, 0.05) is 0 Å². The second-order valence-corrected chi connectivity index (χ2v) is 6.70. The Kier molecular flexibility index (Phi) is 6.95. The topological polar surface area (TPSA) is 58.2 Å². The number of aryl methyl sites for hydroxylation is 1. The minimum Gasteiger partial charge on any atom is -0.317 e. The fraction of sp³-hybridized carbons (Fsp3) is 0.571. The number of halogens is 1. The van der Waals surface area contributed by atoms with E-state index in [0.717, 1.165) is 31.5 Å². The molecular formula is C14H23FN2O2S. The van der Waals surface area contributed by atoms with Crippen molar-refractivity contribution in [3.8, 4) is 0 Å². The molecule has 0 saturated carbocycles. The third kappa shape index (κ3) is 6.34. The van der Waals surface area contributed by atoms with Crippen LogP contribution in [0.15, 0.2) is 18.2 Å². The van der Waals surface area contributed by atoms with Crippen molar-refractivity contribution >= 4 is 15.7 Å². The third-order valence-corrected chi connectivity index (χ3v) is 4.19. The van der Waals surface area contributed by atoms with Crippen molar-refractivity contribution in [1.82, 2.24) is 5.32 Å². The summed E-state index contributed by atoms with van der Waals surface area (Å²) in [6.45, 7) is 5.59. The first-order valence-corrected chi connectivity index (χ1v) is 8.57. The summed E-state index contributed by atoms with van der Waals surface area (Å²) < 4.78 is 39.5. The minimum absolute atomic E-state index is 0.00806. The fourth-order valence-electron chi connectivity index (χ4n) is 1.77. The molecule has 1 aromatic rings. The molecule has 0 fully saturated rings. The quantitative estimate of drug-likeness (QED) is 0.690. The molecule has 0 amide bonds. The number of hydrogen-bond acceptors (Lipinski definition) is 3. The van der Waals surface area contributed by atoms with E-state index in [1.54, 1.807) is 13.0 Å². The predicted molar refractivity (Wildman–Crippen MR) is 80.9 cm³/mol. The number of sulfonamides is 1. The van der Waals surface area contributed by atoms with E-state index in [9.17, 15) is 12.8 Å². The standard InChI is InChI=1S/C14H23FN2O2S/c1-3-8-16-9-4-5-10-20(18,19)17-14-7-6-12(2)11-13(14)15/h6-7,11,16-17H,3-5,8-10H2,1-2H3. The summed E-state index contributed by atoms with van der Waals surface area (Å²) in [6.07, 6.45) is 2.41. The van der Waals surface area contributed by atoms with Crippen molar-refractivity contribution < 1.29 is 12.8 Å². The summed E-state index contributed by atoms with van der Waals surface area (Å²) in [6, 6.07) is 4.44. The monoisotopic (exact) mass is 302 g/mol. The zero-order valence-corrected chi connectivity index (χ0v) is 12.9. The molecule has 1 aromatic carbocycles. The van der Waals surface area contributed by atoms with Gasteiger partial charge in [-0.25, -0.2) is 12.8 Å². The molecule has 0 aromatic heterocycles. The molecule has 6 heteroatoms. The number of anilines is 1. The lowest BCUT2D eigenvalue weighted by molar-refractivity contribution is 0.588. The highest BCUT2D eigenvalue weighted by atomic mass is 32.2.